The molecule has 4 rings (SSSR count). The Morgan fingerprint density at radius 1 is 1.03 bits per heavy atom. The van der Waals surface area contributed by atoms with Crippen molar-refractivity contribution in [3.8, 4) is 0 Å². The maximum Gasteiger partial charge on any atom is 0.289 e. The average molecular weight is 512 g/mol. The molecule has 1 aliphatic heterocycles. The zero-order valence-corrected chi connectivity index (χ0v) is 20.5. The van der Waals surface area contributed by atoms with Crippen molar-refractivity contribution < 1.29 is 13.3 Å². The number of piperidine rings is 1. The van der Waals surface area contributed by atoms with Crippen molar-refractivity contribution in [2.45, 2.75) is 55.5 Å². The first-order valence-electron chi connectivity index (χ1n) is 11.2. The molecule has 2 aliphatic rings. The second-order valence-electron chi connectivity index (χ2n) is 8.91. The van der Waals surface area contributed by atoms with Crippen molar-refractivity contribution in [3.63, 3.8) is 0 Å². The lowest BCUT2D eigenvalue weighted by Crippen LogP contribution is -2.51. The van der Waals surface area contributed by atoms with E-state index in [1.165, 1.54) is 17.7 Å². The molecule has 0 spiro atoms. The third-order valence-corrected chi connectivity index (χ3v) is 8.83. The van der Waals surface area contributed by atoms with Crippen LogP contribution in [0.15, 0.2) is 47.4 Å². The summed E-state index contributed by atoms with van der Waals surface area (Å²) in [7, 11) is -3.89. The maximum atomic E-state index is 13.0. The van der Waals surface area contributed by atoms with E-state index in [0.717, 1.165) is 62.7 Å². The summed E-state index contributed by atoms with van der Waals surface area (Å²) >= 11 is 11.8. The summed E-state index contributed by atoms with van der Waals surface area (Å²) in [5.41, 5.74) is 0.881. The molecule has 0 bridgehead atoms. The predicted molar refractivity (Wildman–Crippen MR) is 129 cm³/mol. The monoisotopic (exact) mass is 511 g/mol. The number of nitrogens with one attached hydrogen (secondary N) is 1. The van der Waals surface area contributed by atoms with Gasteiger partial charge in [-0.1, -0.05) is 41.8 Å². The van der Waals surface area contributed by atoms with Gasteiger partial charge in [-0.2, -0.15) is 0 Å². The average Bonchev–Trinajstić information content (AvgIpc) is 3.23. The lowest BCUT2D eigenvalue weighted by Gasteiger charge is -2.38. The number of sulfonamides is 1. The van der Waals surface area contributed by atoms with Crippen molar-refractivity contribution in [3.05, 3.63) is 68.2 Å². The van der Waals surface area contributed by atoms with Gasteiger partial charge in [0, 0.05) is 23.2 Å². The number of benzene rings is 2. The summed E-state index contributed by atoms with van der Waals surface area (Å²) in [5.74, 6) is 0.605. The number of nitro benzene ring substituents is 1. The molecule has 2 fully saturated rings. The Hall–Kier alpha value is -1.71. The van der Waals surface area contributed by atoms with Crippen LogP contribution in [0.4, 0.5) is 5.69 Å². The first-order chi connectivity index (χ1) is 15.7. The highest BCUT2D eigenvalue weighted by Gasteiger charge is 2.37. The van der Waals surface area contributed by atoms with E-state index in [-0.39, 0.29) is 22.0 Å². The number of nitro groups is 1. The summed E-state index contributed by atoms with van der Waals surface area (Å²) in [6.07, 6.45) is 5.81. The van der Waals surface area contributed by atoms with Crippen LogP contribution in [0, 0.1) is 16.0 Å². The van der Waals surface area contributed by atoms with E-state index in [4.69, 9.17) is 23.2 Å². The minimum Gasteiger partial charge on any atom is -0.299 e. The van der Waals surface area contributed by atoms with E-state index in [2.05, 4.69) is 21.8 Å². The van der Waals surface area contributed by atoms with Gasteiger partial charge in [-0.05, 0) is 80.9 Å². The zero-order chi connectivity index (χ0) is 23.6. The Labute approximate surface area is 204 Å². The Kier molecular flexibility index (Phi) is 7.60. The number of likely N-dealkylation sites (tertiary alicyclic amines) is 1. The van der Waals surface area contributed by atoms with E-state index in [9.17, 15) is 18.5 Å². The van der Waals surface area contributed by atoms with Gasteiger partial charge >= 0.3 is 0 Å². The maximum absolute atomic E-state index is 13.0. The fourth-order valence-corrected chi connectivity index (χ4v) is 6.66. The van der Waals surface area contributed by atoms with Crippen LogP contribution in [-0.2, 0) is 16.4 Å². The second-order valence-corrected chi connectivity index (χ2v) is 11.5. The highest BCUT2D eigenvalue weighted by atomic mass is 35.5. The fraction of sp³-hybridized carbons (Fsp3) is 0.478. The minimum atomic E-state index is -3.89. The largest absolute Gasteiger partial charge is 0.299 e. The van der Waals surface area contributed by atoms with E-state index in [0.29, 0.717) is 5.92 Å². The smallest absolute Gasteiger partial charge is 0.289 e. The van der Waals surface area contributed by atoms with Crippen LogP contribution in [0.5, 0.6) is 0 Å². The first kappa shape index (κ1) is 24.4. The van der Waals surface area contributed by atoms with Gasteiger partial charge in [-0.15, -0.1) is 0 Å². The van der Waals surface area contributed by atoms with Crippen LogP contribution < -0.4 is 4.72 Å². The molecule has 1 saturated heterocycles. The molecule has 33 heavy (non-hydrogen) atoms. The van der Waals surface area contributed by atoms with Gasteiger partial charge in [0.05, 0.1) is 9.82 Å². The van der Waals surface area contributed by atoms with Gasteiger partial charge in [-0.25, -0.2) is 13.1 Å². The molecule has 1 saturated carbocycles. The number of nitrogens with zero attached hydrogens (tertiary/aromatic N) is 2. The number of halogens is 2. The van der Waals surface area contributed by atoms with Gasteiger partial charge in [0.25, 0.3) is 5.69 Å². The van der Waals surface area contributed by atoms with Crippen LogP contribution in [0.1, 0.15) is 37.7 Å². The predicted octanol–water partition coefficient (Wildman–Crippen LogP) is 5.06. The molecule has 2 atom stereocenters. The summed E-state index contributed by atoms with van der Waals surface area (Å²) in [6.45, 7) is 1.88. The quantitative estimate of drug-likeness (QED) is 0.414. The molecule has 2 unspecified atom stereocenters. The van der Waals surface area contributed by atoms with Crippen molar-refractivity contribution >= 4 is 38.9 Å². The molecule has 1 heterocycles. The van der Waals surface area contributed by atoms with Gasteiger partial charge in [0.2, 0.25) is 10.0 Å². The number of rotatable bonds is 7. The Bertz CT molecular complexity index is 1100. The van der Waals surface area contributed by atoms with Gasteiger partial charge in [-0.3, -0.25) is 15.0 Å². The molecule has 2 aromatic carbocycles. The van der Waals surface area contributed by atoms with Crippen LogP contribution in [0.25, 0.3) is 0 Å². The van der Waals surface area contributed by atoms with Crippen LogP contribution >= 0.6 is 23.2 Å². The number of hydrogen-bond acceptors (Lipinski definition) is 5. The van der Waals surface area contributed by atoms with E-state index < -0.39 is 20.6 Å². The van der Waals surface area contributed by atoms with Crippen molar-refractivity contribution in [1.82, 2.24) is 9.62 Å². The highest BCUT2D eigenvalue weighted by molar-refractivity contribution is 7.89. The summed E-state index contributed by atoms with van der Waals surface area (Å²) < 4.78 is 28.8. The van der Waals surface area contributed by atoms with Crippen molar-refractivity contribution in [2.75, 3.05) is 13.1 Å². The molecule has 0 aromatic heterocycles. The van der Waals surface area contributed by atoms with Gasteiger partial charge in [0.15, 0.2) is 0 Å². The lowest BCUT2D eigenvalue weighted by molar-refractivity contribution is -0.384. The van der Waals surface area contributed by atoms with Crippen LogP contribution in [0.3, 0.4) is 0 Å². The molecule has 10 heteroatoms. The van der Waals surface area contributed by atoms with E-state index in [1.54, 1.807) is 0 Å². The summed E-state index contributed by atoms with van der Waals surface area (Å²) in [4.78, 5) is 12.8. The first-order valence-corrected chi connectivity index (χ1v) is 13.4. The normalized spacial score (nSPS) is 22.5. The topological polar surface area (TPSA) is 92.5 Å². The molecule has 2 aromatic rings. The Morgan fingerprint density at radius 3 is 2.39 bits per heavy atom. The third kappa shape index (κ3) is 5.87. The zero-order valence-electron chi connectivity index (χ0n) is 18.1. The highest BCUT2D eigenvalue weighted by Crippen LogP contribution is 2.32. The minimum absolute atomic E-state index is 0.0841. The number of hydrogen-bond donors (Lipinski definition) is 1. The standard InChI is InChI=1S/C23H27Cl2N3O4S/c24-18-6-4-16(5-7-18)14-17-10-12-27(13-11-17)22-3-1-2-21(22)26-33(31,32)19-8-9-20(25)23(15-19)28(29)30/h4-9,15,17,21-22,26H,1-3,10-14H2. The molecule has 1 aliphatic carbocycles. The molecule has 7 nitrogen and oxygen atoms in total. The third-order valence-electron chi connectivity index (χ3n) is 6.77. The molecule has 0 radical (unpaired) electrons. The molecule has 178 valence electrons. The SMILES string of the molecule is O=[N+]([O-])c1cc(S(=O)(=O)NC2CCCC2N2CCC(Cc3ccc(Cl)cc3)CC2)ccc1Cl. The van der Waals surface area contributed by atoms with Gasteiger partial charge in [0.1, 0.15) is 5.02 Å². The van der Waals surface area contributed by atoms with Gasteiger partial charge < -0.3 is 0 Å². The molecular formula is C23H27Cl2N3O4S. The van der Waals surface area contributed by atoms with Crippen molar-refractivity contribution in [1.29, 1.82) is 0 Å². The van der Waals surface area contributed by atoms with E-state index in [1.807, 2.05) is 12.1 Å². The molecule has 0 amide bonds. The van der Waals surface area contributed by atoms with Crippen LogP contribution in [0.2, 0.25) is 10.0 Å². The fourth-order valence-electron chi connectivity index (χ4n) is 5.02. The lowest BCUT2D eigenvalue weighted by atomic mass is 9.89. The molecule has 1 N–H and O–H groups in total. The van der Waals surface area contributed by atoms with E-state index >= 15 is 0 Å². The van der Waals surface area contributed by atoms with Crippen LogP contribution in [-0.4, -0.2) is 43.4 Å². The molecular weight excluding hydrogens is 485 g/mol. The summed E-state index contributed by atoms with van der Waals surface area (Å²) in [6, 6.07) is 11.5. The Morgan fingerprint density at radius 2 is 1.73 bits per heavy atom. The summed E-state index contributed by atoms with van der Waals surface area (Å²) in [5, 5.41) is 11.8. The second kappa shape index (κ2) is 10.3. The Balaban J connectivity index is 1.38. The van der Waals surface area contributed by atoms with Crippen molar-refractivity contribution in [2.24, 2.45) is 5.92 Å².